The fraction of sp³-hybridized carbons (Fsp3) is 0.500. The number of aliphatic carboxylic acids is 1. The van der Waals surface area contributed by atoms with Gasteiger partial charge in [0.15, 0.2) is 5.43 Å². The Bertz CT molecular complexity index is 573. The van der Waals surface area contributed by atoms with E-state index in [4.69, 9.17) is 5.11 Å². The molecule has 0 atom stereocenters. The monoisotopic (exact) mass is 278 g/mol. The predicted molar refractivity (Wildman–Crippen MR) is 72.7 cm³/mol. The number of H-pyrrole nitrogens is 1. The Morgan fingerprint density at radius 1 is 1.40 bits per heavy atom. The van der Waals surface area contributed by atoms with Crippen molar-refractivity contribution in [2.75, 3.05) is 6.54 Å². The van der Waals surface area contributed by atoms with Crippen molar-refractivity contribution in [3.8, 4) is 0 Å². The predicted octanol–water partition coefficient (Wildman–Crippen LogP) is 1.15. The Hall–Kier alpha value is -2.11. The first kappa shape index (κ1) is 14.3. The number of pyridine rings is 1. The topological polar surface area (TPSA) is 90.5 Å². The molecule has 1 heterocycles. The zero-order valence-corrected chi connectivity index (χ0v) is 11.4. The van der Waals surface area contributed by atoms with Gasteiger partial charge in [-0.15, -0.1) is 0 Å². The van der Waals surface area contributed by atoms with E-state index >= 15 is 0 Å². The van der Waals surface area contributed by atoms with Gasteiger partial charge in [-0.3, -0.25) is 14.4 Å². The van der Waals surface area contributed by atoms with Crippen LogP contribution in [0.2, 0.25) is 0 Å². The van der Waals surface area contributed by atoms with Crippen LogP contribution in [0.5, 0.6) is 0 Å². The Labute approximate surface area is 116 Å². The third-order valence-corrected chi connectivity index (χ3v) is 3.62. The maximum atomic E-state index is 12.4. The molecule has 20 heavy (non-hydrogen) atoms. The molecule has 2 N–H and O–H groups in total. The molecule has 0 saturated heterocycles. The summed E-state index contributed by atoms with van der Waals surface area (Å²) in [5.41, 5.74) is 0.292. The Morgan fingerprint density at radius 2 is 2.05 bits per heavy atom. The second-order valence-electron chi connectivity index (χ2n) is 5.16. The van der Waals surface area contributed by atoms with Crippen molar-refractivity contribution < 1.29 is 14.7 Å². The van der Waals surface area contributed by atoms with Crippen LogP contribution in [-0.4, -0.2) is 39.5 Å². The van der Waals surface area contributed by atoms with Crippen molar-refractivity contribution in [3.63, 3.8) is 0 Å². The summed E-state index contributed by atoms with van der Waals surface area (Å²) in [4.78, 5) is 39.4. The van der Waals surface area contributed by atoms with Crippen LogP contribution in [0, 0.1) is 6.92 Å². The molecule has 108 valence electrons. The third kappa shape index (κ3) is 3.07. The molecule has 0 unspecified atom stereocenters. The zero-order chi connectivity index (χ0) is 14.7. The highest BCUT2D eigenvalue weighted by Gasteiger charge is 2.30. The van der Waals surface area contributed by atoms with Crippen LogP contribution in [0.4, 0.5) is 0 Å². The molecule has 1 aromatic heterocycles. The SMILES string of the molecule is Cc1cc(=O)c(C(=O)N(CC(=O)O)C2CCCC2)c[nH]1. The number of amides is 1. The number of aromatic nitrogens is 1. The molecule has 6 nitrogen and oxygen atoms in total. The first-order chi connectivity index (χ1) is 9.49. The van der Waals surface area contributed by atoms with Gasteiger partial charge in [0.25, 0.3) is 5.91 Å². The number of rotatable bonds is 4. The minimum atomic E-state index is -1.06. The summed E-state index contributed by atoms with van der Waals surface area (Å²) in [7, 11) is 0. The summed E-state index contributed by atoms with van der Waals surface area (Å²) in [6.07, 6.45) is 4.92. The number of hydrogen-bond donors (Lipinski definition) is 2. The third-order valence-electron chi connectivity index (χ3n) is 3.62. The molecular formula is C14H18N2O4. The minimum Gasteiger partial charge on any atom is -0.480 e. The fourth-order valence-corrected chi connectivity index (χ4v) is 2.62. The van der Waals surface area contributed by atoms with Crippen molar-refractivity contribution in [2.24, 2.45) is 0 Å². The van der Waals surface area contributed by atoms with Crippen LogP contribution < -0.4 is 5.43 Å². The lowest BCUT2D eigenvalue weighted by atomic mass is 10.1. The average molecular weight is 278 g/mol. The highest BCUT2D eigenvalue weighted by molar-refractivity contribution is 5.95. The fourth-order valence-electron chi connectivity index (χ4n) is 2.62. The normalized spacial score (nSPS) is 15.2. The molecule has 0 aliphatic heterocycles. The molecule has 0 bridgehead atoms. The van der Waals surface area contributed by atoms with Crippen molar-refractivity contribution in [3.05, 3.63) is 33.7 Å². The second-order valence-corrected chi connectivity index (χ2v) is 5.16. The molecule has 1 aliphatic rings. The molecule has 1 aliphatic carbocycles. The average Bonchev–Trinajstić information content (AvgIpc) is 2.88. The molecular weight excluding hydrogens is 260 g/mol. The summed E-state index contributed by atoms with van der Waals surface area (Å²) >= 11 is 0. The smallest absolute Gasteiger partial charge is 0.323 e. The minimum absolute atomic E-state index is 0.00347. The summed E-state index contributed by atoms with van der Waals surface area (Å²) in [6, 6.07) is 1.26. The van der Waals surface area contributed by atoms with E-state index in [-0.39, 0.29) is 23.6 Å². The van der Waals surface area contributed by atoms with Crippen molar-refractivity contribution in [1.29, 1.82) is 0 Å². The maximum absolute atomic E-state index is 12.4. The quantitative estimate of drug-likeness (QED) is 0.864. The number of nitrogens with one attached hydrogen (secondary N) is 1. The van der Waals surface area contributed by atoms with Gasteiger partial charge in [0, 0.05) is 24.0 Å². The van der Waals surface area contributed by atoms with Crippen molar-refractivity contribution in [2.45, 2.75) is 38.6 Å². The van der Waals surface area contributed by atoms with E-state index in [2.05, 4.69) is 4.98 Å². The summed E-state index contributed by atoms with van der Waals surface area (Å²) in [5.74, 6) is -1.56. The van der Waals surface area contributed by atoms with E-state index in [1.807, 2.05) is 0 Å². The number of aromatic amines is 1. The van der Waals surface area contributed by atoms with Gasteiger partial charge in [-0.2, -0.15) is 0 Å². The molecule has 1 aromatic rings. The molecule has 2 rings (SSSR count). The van der Waals surface area contributed by atoms with Gasteiger partial charge < -0.3 is 15.0 Å². The molecule has 0 aromatic carbocycles. The van der Waals surface area contributed by atoms with Crippen LogP contribution >= 0.6 is 0 Å². The lowest BCUT2D eigenvalue weighted by Gasteiger charge is -2.27. The van der Waals surface area contributed by atoms with E-state index in [0.717, 1.165) is 25.7 Å². The van der Waals surface area contributed by atoms with Gasteiger partial charge in [0.1, 0.15) is 12.1 Å². The Balaban J connectivity index is 2.29. The number of carboxylic acid groups (broad SMARTS) is 1. The van der Waals surface area contributed by atoms with Crippen LogP contribution in [0.1, 0.15) is 41.7 Å². The van der Waals surface area contributed by atoms with Crippen molar-refractivity contribution >= 4 is 11.9 Å². The van der Waals surface area contributed by atoms with Crippen LogP contribution in [0.15, 0.2) is 17.1 Å². The number of carbonyl (C=O) groups is 2. The van der Waals surface area contributed by atoms with Crippen LogP contribution in [0.3, 0.4) is 0 Å². The number of hydrogen-bond acceptors (Lipinski definition) is 3. The first-order valence-electron chi connectivity index (χ1n) is 6.71. The lowest BCUT2D eigenvalue weighted by Crippen LogP contribution is -2.43. The molecule has 1 fully saturated rings. The Morgan fingerprint density at radius 3 is 2.60 bits per heavy atom. The van der Waals surface area contributed by atoms with E-state index in [9.17, 15) is 14.4 Å². The van der Waals surface area contributed by atoms with Gasteiger partial charge in [0.2, 0.25) is 0 Å². The van der Waals surface area contributed by atoms with Crippen LogP contribution in [-0.2, 0) is 4.79 Å². The van der Waals surface area contributed by atoms with E-state index in [0.29, 0.717) is 5.69 Å². The molecule has 6 heteroatoms. The standard InChI is InChI=1S/C14H18N2O4/c1-9-6-12(17)11(7-15-9)14(20)16(8-13(18)19)10-4-2-3-5-10/h6-7,10H,2-5,8H2,1H3,(H,15,17)(H,18,19). The summed E-state index contributed by atoms with van der Waals surface area (Å²) in [6.45, 7) is 1.36. The number of carboxylic acids is 1. The van der Waals surface area contributed by atoms with E-state index in [1.165, 1.54) is 17.2 Å². The van der Waals surface area contributed by atoms with Gasteiger partial charge in [-0.05, 0) is 19.8 Å². The number of aryl methyl sites for hydroxylation is 1. The second kappa shape index (κ2) is 5.90. The molecule has 1 saturated carbocycles. The van der Waals surface area contributed by atoms with Gasteiger partial charge in [-0.1, -0.05) is 12.8 Å². The van der Waals surface area contributed by atoms with E-state index < -0.39 is 11.9 Å². The van der Waals surface area contributed by atoms with Gasteiger partial charge in [-0.25, -0.2) is 0 Å². The first-order valence-corrected chi connectivity index (χ1v) is 6.71. The lowest BCUT2D eigenvalue weighted by molar-refractivity contribution is -0.138. The largest absolute Gasteiger partial charge is 0.480 e. The van der Waals surface area contributed by atoms with Gasteiger partial charge >= 0.3 is 5.97 Å². The number of carbonyl (C=O) groups excluding carboxylic acids is 1. The summed E-state index contributed by atoms with van der Waals surface area (Å²) in [5, 5.41) is 8.97. The molecule has 0 radical (unpaired) electrons. The van der Waals surface area contributed by atoms with Crippen molar-refractivity contribution in [1.82, 2.24) is 9.88 Å². The number of nitrogens with zero attached hydrogens (tertiary/aromatic N) is 1. The zero-order valence-electron chi connectivity index (χ0n) is 11.4. The highest BCUT2D eigenvalue weighted by Crippen LogP contribution is 2.24. The summed E-state index contributed by atoms with van der Waals surface area (Å²) < 4.78 is 0. The Kier molecular flexibility index (Phi) is 4.22. The highest BCUT2D eigenvalue weighted by atomic mass is 16.4. The van der Waals surface area contributed by atoms with E-state index in [1.54, 1.807) is 6.92 Å². The maximum Gasteiger partial charge on any atom is 0.323 e. The van der Waals surface area contributed by atoms with Crippen LogP contribution in [0.25, 0.3) is 0 Å². The molecule has 0 spiro atoms. The molecule has 1 amide bonds. The van der Waals surface area contributed by atoms with Gasteiger partial charge in [0.05, 0.1) is 0 Å².